The zero-order valence-electron chi connectivity index (χ0n) is 10.4. The van der Waals surface area contributed by atoms with Gasteiger partial charge in [0.1, 0.15) is 0 Å². The fraction of sp³-hybridized carbons (Fsp3) is 0.462. The van der Waals surface area contributed by atoms with Gasteiger partial charge >= 0.3 is 0 Å². The summed E-state index contributed by atoms with van der Waals surface area (Å²) in [5.74, 6) is 0. The minimum atomic E-state index is 0.596. The van der Waals surface area contributed by atoms with E-state index in [1.54, 1.807) is 25.3 Å². The van der Waals surface area contributed by atoms with Crippen LogP contribution in [-0.4, -0.2) is 33.5 Å². The van der Waals surface area contributed by atoms with E-state index in [0.717, 1.165) is 18.7 Å². The van der Waals surface area contributed by atoms with E-state index in [1.165, 1.54) is 0 Å². The molecule has 0 heterocycles. The Morgan fingerprint density at radius 2 is 2.17 bits per heavy atom. The fourth-order valence-corrected chi connectivity index (χ4v) is 1.56. The van der Waals surface area contributed by atoms with Gasteiger partial charge in [-0.2, -0.15) is 5.26 Å². The molecule has 0 atom stereocenters. The van der Waals surface area contributed by atoms with Crippen LogP contribution in [-0.2, 0) is 9.47 Å². The summed E-state index contributed by atoms with van der Waals surface area (Å²) >= 11 is 6.01. The van der Waals surface area contributed by atoms with Crippen molar-refractivity contribution in [1.29, 1.82) is 5.26 Å². The first-order chi connectivity index (χ1) is 8.77. The lowest BCUT2D eigenvalue weighted by atomic mass is 10.2. The largest absolute Gasteiger partial charge is 0.384 e. The lowest BCUT2D eigenvalue weighted by Gasteiger charge is -2.09. The summed E-state index contributed by atoms with van der Waals surface area (Å²) in [5, 5.41) is 12.6. The van der Waals surface area contributed by atoms with E-state index < -0.39 is 0 Å². The average Bonchev–Trinajstić information content (AvgIpc) is 2.39. The molecule has 0 unspecified atom stereocenters. The highest BCUT2D eigenvalue weighted by molar-refractivity contribution is 6.33. The molecule has 0 aliphatic rings. The van der Waals surface area contributed by atoms with E-state index >= 15 is 0 Å². The first-order valence-corrected chi connectivity index (χ1v) is 6.16. The van der Waals surface area contributed by atoms with Crippen molar-refractivity contribution in [2.24, 2.45) is 0 Å². The van der Waals surface area contributed by atoms with Crippen LogP contribution in [0.25, 0.3) is 0 Å². The summed E-state index contributed by atoms with van der Waals surface area (Å²) in [5.41, 5.74) is 1.38. The zero-order chi connectivity index (χ0) is 13.2. The van der Waals surface area contributed by atoms with Crippen molar-refractivity contribution in [3.05, 3.63) is 28.8 Å². The third-order valence-corrected chi connectivity index (χ3v) is 2.64. The third kappa shape index (κ3) is 5.37. The molecule has 18 heavy (non-hydrogen) atoms. The molecule has 1 rings (SSSR count). The van der Waals surface area contributed by atoms with Gasteiger partial charge in [0.2, 0.25) is 0 Å². The molecule has 1 aromatic rings. The van der Waals surface area contributed by atoms with Crippen LogP contribution in [0, 0.1) is 11.3 Å². The Labute approximate surface area is 112 Å². The van der Waals surface area contributed by atoms with Gasteiger partial charge in [-0.15, -0.1) is 0 Å². The van der Waals surface area contributed by atoms with Crippen LogP contribution in [0.15, 0.2) is 18.2 Å². The molecule has 0 bridgehead atoms. The molecule has 0 spiro atoms. The summed E-state index contributed by atoms with van der Waals surface area (Å²) in [6, 6.07) is 7.24. The standard InChI is InChI=1S/C13H17ClN2O2/c1-17-7-8-18-6-2-5-16-13-9-11(10-15)3-4-12(13)14/h3-4,9,16H,2,5-8H2,1H3. The van der Waals surface area contributed by atoms with Gasteiger partial charge in [-0.3, -0.25) is 0 Å². The van der Waals surface area contributed by atoms with E-state index in [2.05, 4.69) is 11.4 Å². The Morgan fingerprint density at radius 3 is 2.89 bits per heavy atom. The summed E-state index contributed by atoms with van der Waals surface area (Å²) in [6.07, 6.45) is 0.872. The van der Waals surface area contributed by atoms with Crippen LogP contribution in [0.2, 0.25) is 5.02 Å². The van der Waals surface area contributed by atoms with E-state index in [-0.39, 0.29) is 0 Å². The number of nitrogens with zero attached hydrogens (tertiary/aromatic N) is 1. The van der Waals surface area contributed by atoms with Crippen molar-refractivity contribution in [2.45, 2.75) is 6.42 Å². The number of nitrogens with one attached hydrogen (secondary N) is 1. The SMILES string of the molecule is COCCOCCCNc1cc(C#N)ccc1Cl. The quantitative estimate of drug-likeness (QED) is 0.737. The van der Waals surface area contributed by atoms with Crippen molar-refractivity contribution in [3.8, 4) is 6.07 Å². The van der Waals surface area contributed by atoms with Gasteiger partial charge in [0, 0.05) is 20.3 Å². The molecule has 1 aromatic carbocycles. The maximum absolute atomic E-state index is 8.79. The lowest BCUT2D eigenvalue weighted by molar-refractivity contribution is 0.0705. The van der Waals surface area contributed by atoms with Crippen LogP contribution in [0.1, 0.15) is 12.0 Å². The molecule has 0 aliphatic heterocycles. The summed E-state index contributed by atoms with van der Waals surface area (Å²) in [7, 11) is 1.65. The molecule has 0 fully saturated rings. The number of methoxy groups -OCH3 is 1. The summed E-state index contributed by atoms with van der Waals surface area (Å²) < 4.78 is 10.2. The molecule has 5 heteroatoms. The van der Waals surface area contributed by atoms with Gasteiger partial charge < -0.3 is 14.8 Å². The maximum Gasteiger partial charge on any atom is 0.0992 e. The van der Waals surface area contributed by atoms with Crippen molar-refractivity contribution >= 4 is 17.3 Å². The molecule has 98 valence electrons. The molecule has 0 saturated heterocycles. The van der Waals surface area contributed by atoms with Gasteiger partial charge in [-0.05, 0) is 24.6 Å². The predicted octanol–water partition coefficient (Wildman–Crippen LogP) is 2.68. The summed E-state index contributed by atoms with van der Waals surface area (Å²) in [4.78, 5) is 0. The predicted molar refractivity (Wildman–Crippen MR) is 72.0 cm³/mol. The van der Waals surface area contributed by atoms with Crippen molar-refractivity contribution in [1.82, 2.24) is 0 Å². The highest BCUT2D eigenvalue weighted by Crippen LogP contribution is 2.22. The third-order valence-electron chi connectivity index (χ3n) is 2.31. The van der Waals surface area contributed by atoms with Crippen LogP contribution < -0.4 is 5.32 Å². The maximum atomic E-state index is 8.79. The van der Waals surface area contributed by atoms with Gasteiger partial charge in [0.25, 0.3) is 0 Å². The van der Waals surface area contributed by atoms with Crippen molar-refractivity contribution in [3.63, 3.8) is 0 Å². The second kappa shape index (κ2) is 8.76. The van der Waals surface area contributed by atoms with E-state index in [4.69, 9.17) is 26.3 Å². The van der Waals surface area contributed by atoms with Crippen LogP contribution in [0.4, 0.5) is 5.69 Å². The second-order valence-electron chi connectivity index (χ2n) is 3.69. The molecule has 0 amide bonds. The Morgan fingerprint density at radius 1 is 1.33 bits per heavy atom. The van der Waals surface area contributed by atoms with Gasteiger partial charge in [-0.1, -0.05) is 11.6 Å². The van der Waals surface area contributed by atoms with Gasteiger partial charge in [0.05, 0.1) is 35.6 Å². The average molecular weight is 269 g/mol. The van der Waals surface area contributed by atoms with E-state index in [1.807, 2.05) is 0 Å². The number of ether oxygens (including phenoxy) is 2. The van der Waals surface area contributed by atoms with Gasteiger partial charge in [-0.25, -0.2) is 0 Å². The molecule has 1 N–H and O–H groups in total. The van der Waals surface area contributed by atoms with Crippen LogP contribution in [0.5, 0.6) is 0 Å². The number of anilines is 1. The lowest BCUT2D eigenvalue weighted by Crippen LogP contribution is -2.08. The van der Waals surface area contributed by atoms with Crippen molar-refractivity contribution < 1.29 is 9.47 Å². The Balaban J connectivity index is 2.25. The zero-order valence-corrected chi connectivity index (χ0v) is 11.2. The first kappa shape index (κ1) is 14.8. The number of hydrogen-bond acceptors (Lipinski definition) is 4. The number of benzene rings is 1. The minimum Gasteiger partial charge on any atom is -0.384 e. The highest BCUT2D eigenvalue weighted by Gasteiger charge is 2.01. The number of hydrogen-bond donors (Lipinski definition) is 1. The summed E-state index contributed by atoms with van der Waals surface area (Å²) in [6.45, 7) is 2.65. The molecule has 0 aromatic heterocycles. The molecular formula is C13H17ClN2O2. The van der Waals surface area contributed by atoms with Crippen LogP contribution >= 0.6 is 11.6 Å². The molecule has 0 aliphatic carbocycles. The smallest absolute Gasteiger partial charge is 0.0992 e. The second-order valence-corrected chi connectivity index (χ2v) is 4.10. The fourth-order valence-electron chi connectivity index (χ4n) is 1.37. The Kier molecular flexibility index (Phi) is 7.19. The minimum absolute atomic E-state index is 0.596. The number of nitriles is 1. The monoisotopic (exact) mass is 268 g/mol. The van der Waals surface area contributed by atoms with E-state index in [9.17, 15) is 0 Å². The van der Waals surface area contributed by atoms with Gasteiger partial charge in [0.15, 0.2) is 0 Å². The number of halogens is 1. The Bertz CT molecular complexity index is 404. The van der Waals surface area contributed by atoms with Crippen LogP contribution in [0.3, 0.4) is 0 Å². The molecule has 0 saturated carbocycles. The molecular weight excluding hydrogens is 252 g/mol. The molecule has 4 nitrogen and oxygen atoms in total. The highest BCUT2D eigenvalue weighted by atomic mass is 35.5. The Hall–Kier alpha value is -1.28. The topological polar surface area (TPSA) is 54.3 Å². The first-order valence-electron chi connectivity index (χ1n) is 5.78. The normalized spacial score (nSPS) is 10.1. The molecule has 0 radical (unpaired) electrons. The van der Waals surface area contributed by atoms with Crippen molar-refractivity contribution in [2.75, 3.05) is 38.8 Å². The number of rotatable bonds is 8. The van der Waals surface area contributed by atoms with E-state index in [0.29, 0.717) is 30.4 Å².